The van der Waals surface area contributed by atoms with Crippen LogP contribution in [0.1, 0.15) is 42.5 Å². The maximum atomic E-state index is 13.3. The third-order valence-corrected chi connectivity index (χ3v) is 5.27. The van der Waals surface area contributed by atoms with Crippen LogP contribution in [0.3, 0.4) is 0 Å². The number of carbonyl (C=O) groups excluding carboxylic acids is 2. The molecule has 1 saturated carbocycles. The molecule has 3 aromatic rings. The van der Waals surface area contributed by atoms with Gasteiger partial charge in [0.1, 0.15) is 11.4 Å². The normalized spacial score (nSPS) is 14.0. The zero-order valence-corrected chi connectivity index (χ0v) is 16.6. The van der Waals surface area contributed by atoms with Gasteiger partial charge in [-0.2, -0.15) is 5.10 Å². The number of nitrogens with zero attached hydrogens (tertiary/aromatic N) is 3. The molecule has 0 radical (unpaired) electrons. The number of nitrogens with one attached hydrogen (secondary N) is 2. The van der Waals surface area contributed by atoms with E-state index in [9.17, 15) is 14.0 Å². The predicted molar refractivity (Wildman–Crippen MR) is 110 cm³/mol. The van der Waals surface area contributed by atoms with Gasteiger partial charge in [0.25, 0.3) is 5.91 Å². The predicted octanol–water partition coefficient (Wildman–Crippen LogP) is 2.98. The Hall–Kier alpha value is -3.42. The Morgan fingerprint density at radius 1 is 1.10 bits per heavy atom. The second-order valence-electron chi connectivity index (χ2n) is 7.42. The van der Waals surface area contributed by atoms with E-state index in [1.54, 1.807) is 21.4 Å². The van der Waals surface area contributed by atoms with Crippen molar-refractivity contribution in [3.8, 4) is 11.5 Å². The van der Waals surface area contributed by atoms with Gasteiger partial charge in [-0.3, -0.25) is 9.59 Å². The summed E-state index contributed by atoms with van der Waals surface area (Å²) < 4.78 is 16.7. The molecule has 1 aliphatic rings. The number of benzene rings is 1. The van der Waals surface area contributed by atoms with Gasteiger partial charge in [-0.05, 0) is 49.2 Å². The summed E-state index contributed by atoms with van der Waals surface area (Å²) in [5, 5.41) is 10.2. The van der Waals surface area contributed by atoms with Crippen molar-refractivity contribution in [3.63, 3.8) is 0 Å². The molecule has 1 fully saturated rings. The molecule has 2 heterocycles. The molecule has 1 aliphatic carbocycles. The summed E-state index contributed by atoms with van der Waals surface area (Å²) in [5.41, 5.74) is 1.00. The lowest BCUT2D eigenvalue weighted by Gasteiger charge is -2.13. The summed E-state index contributed by atoms with van der Waals surface area (Å²) in [6.45, 7) is 0.240. The smallest absolute Gasteiger partial charge is 0.256 e. The maximum absolute atomic E-state index is 13.3. The standard InChI is InChI=1S/C22H24FN5O2/c23-16-7-9-18(10-8-16)28-22(27-13-3-4-14-27)19(15-25-28)21(30)24-12-11-20(29)26-17-5-1-2-6-17/h3-4,7-10,13-15,17H,1-2,5-6,11-12H2,(H,24,30)(H,26,29). The summed E-state index contributed by atoms with van der Waals surface area (Å²) in [5.74, 6) is -0.169. The van der Waals surface area contributed by atoms with Crippen LogP contribution in [0.2, 0.25) is 0 Å². The number of hydrogen-bond donors (Lipinski definition) is 2. The van der Waals surface area contributed by atoms with Crippen LogP contribution in [-0.4, -0.2) is 38.7 Å². The molecular weight excluding hydrogens is 385 g/mol. The molecule has 0 aliphatic heterocycles. The largest absolute Gasteiger partial charge is 0.353 e. The molecule has 0 atom stereocenters. The van der Waals surface area contributed by atoms with E-state index in [-0.39, 0.29) is 36.6 Å². The first-order valence-corrected chi connectivity index (χ1v) is 10.2. The Kier molecular flexibility index (Phi) is 5.92. The summed E-state index contributed by atoms with van der Waals surface area (Å²) in [6.07, 6.45) is 9.69. The molecule has 8 heteroatoms. The molecule has 2 N–H and O–H groups in total. The van der Waals surface area contributed by atoms with Crippen molar-refractivity contribution in [2.24, 2.45) is 0 Å². The van der Waals surface area contributed by atoms with Crippen molar-refractivity contribution in [2.45, 2.75) is 38.1 Å². The van der Waals surface area contributed by atoms with E-state index >= 15 is 0 Å². The van der Waals surface area contributed by atoms with Gasteiger partial charge in [0.05, 0.1) is 11.9 Å². The highest BCUT2D eigenvalue weighted by molar-refractivity contribution is 5.97. The van der Waals surface area contributed by atoms with Crippen molar-refractivity contribution in [3.05, 3.63) is 66.4 Å². The minimum atomic E-state index is -0.345. The van der Waals surface area contributed by atoms with E-state index in [2.05, 4.69) is 15.7 Å². The third-order valence-electron chi connectivity index (χ3n) is 5.27. The Morgan fingerprint density at radius 2 is 1.80 bits per heavy atom. The number of aromatic nitrogens is 3. The number of carbonyl (C=O) groups is 2. The van der Waals surface area contributed by atoms with Crippen LogP contribution in [0.15, 0.2) is 55.0 Å². The second kappa shape index (κ2) is 8.94. The van der Waals surface area contributed by atoms with E-state index in [1.807, 2.05) is 24.5 Å². The highest BCUT2D eigenvalue weighted by Crippen LogP contribution is 2.20. The fraction of sp³-hybridized carbons (Fsp3) is 0.318. The first-order valence-electron chi connectivity index (χ1n) is 10.2. The molecule has 0 bridgehead atoms. The van der Waals surface area contributed by atoms with Gasteiger partial charge < -0.3 is 15.2 Å². The van der Waals surface area contributed by atoms with Crippen LogP contribution in [0.4, 0.5) is 4.39 Å². The highest BCUT2D eigenvalue weighted by Gasteiger charge is 2.21. The molecule has 4 rings (SSSR count). The molecule has 0 saturated heterocycles. The lowest BCUT2D eigenvalue weighted by Crippen LogP contribution is -2.35. The van der Waals surface area contributed by atoms with Crippen LogP contribution in [0.25, 0.3) is 11.5 Å². The van der Waals surface area contributed by atoms with Crippen molar-refractivity contribution in [1.29, 1.82) is 0 Å². The summed E-state index contributed by atoms with van der Waals surface area (Å²) in [4.78, 5) is 24.9. The van der Waals surface area contributed by atoms with Crippen molar-refractivity contribution < 1.29 is 14.0 Å². The fourth-order valence-corrected chi connectivity index (χ4v) is 3.75. The quantitative estimate of drug-likeness (QED) is 0.630. The van der Waals surface area contributed by atoms with Crippen molar-refractivity contribution in [2.75, 3.05) is 6.54 Å². The second-order valence-corrected chi connectivity index (χ2v) is 7.42. The van der Waals surface area contributed by atoms with Gasteiger partial charge >= 0.3 is 0 Å². The molecule has 2 aromatic heterocycles. The molecule has 156 valence electrons. The number of rotatable bonds is 7. The molecular formula is C22H24FN5O2. The zero-order chi connectivity index (χ0) is 20.9. The molecule has 0 spiro atoms. The van der Waals surface area contributed by atoms with Crippen LogP contribution < -0.4 is 10.6 Å². The monoisotopic (exact) mass is 409 g/mol. The van der Waals surface area contributed by atoms with Gasteiger partial charge in [0.2, 0.25) is 5.91 Å². The summed E-state index contributed by atoms with van der Waals surface area (Å²) >= 11 is 0. The van der Waals surface area contributed by atoms with Gasteiger partial charge in [-0.15, -0.1) is 0 Å². The van der Waals surface area contributed by atoms with Crippen LogP contribution >= 0.6 is 0 Å². The van der Waals surface area contributed by atoms with E-state index in [0.717, 1.165) is 25.7 Å². The Labute approximate surface area is 173 Å². The Balaban J connectivity index is 1.47. The maximum Gasteiger partial charge on any atom is 0.256 e. The van der Waals surface area contributed by atoms with Crippen LogP contribution in [-0.2, 0) is 4.79 Å². The molecule has 0 unspecified atom stereocenters. The SMILES string of the molecule is O=C(CCNC(=O)c1cnn(-c2ccc(F)cc2)c1-n1cccc1)NC1CCCC1. The van der Waals surface area contributed by atoms with E-state index in [0.29, 0.717) is 17.1 Å². The van der Waals surface area contributed by atoms with E-state index in [1.165, 1.54) is 18.3 Å². The lowest BCUT2D eigenvalue weighted by molar-refractivity contribution is -0.121. The summed E-state index contributed by atoms with van der Waals surface area (Å²) in [7, 11) is 0. The van der Waals surface area contributed by atoms with E-state index < -0.39 is 0 Å². The van der Waals surface area contributed by atoms with Crippen molar-refractivity contribution >= 4 is 11.8 Å². The number of hydrogen-bond acceptors (Lipinski definition) is 3. The number of halogens is 1. The third kappa shape index (κ3) is 4.42. The van der Waals surface area contributed by atoms with Gasteiger partial charge in [0, 0.05) is 31.4 Å². The lowest BCUT2D eigenvalue weighted by atomic mass is 10.2. The fourth-order valence-electron chi connectivity index (χ4n) is 3.75. The Bertz CT molecular complexity index is 1000. The summed E-state index contributed by atoms with van der Waals surface area (Å²) in [6, 6.07) is 9.85. The molecule has 2 amide bonds. The first-order chi connectivity index (χ1) is 14.6. The van der Waals surface area contributed by atoms with Crippen LogP contribution in [0.5, 0.6) is 0 Å². The highest BCUT2D eigenvalue weighted by atomic mass is 19.1. The molecule has 1 aromatic carbocycles. The van der Waals surface area contributed by atoms with Gasteiger partial charge in [0.15, 0.2) is 5.82 Å². The minimum absolute atomic E-state index is 0.0464. The zero-order valence-electron chi connectivity index (χ0n) is 16.6. The topological polar surface area (TPSA) is 81.0 Å². The molecule has 7 nitrogen and oxygen atoms in total. The molecule has 30 heavy (non-hydrogen) atoms. The van der Waals surface area contributed by atoms with Gasteiger partial charge in [-0.1, -0.05) is 12.8 Å². The van der Waals surface area contributed by atoms with Crippen molar-refractivity contribution in [1.82, 2.24) is 25.0 Å². The minimum Gasteiger partial charge on any atom is -0.353 e. The number of amides is 2. The Morgan fingerprint density at radius 3 is 2.50 bits per heavy atom. The average Bonchev–Trinajstić information content (AvgIpc) is 3.49. The van der Waals surface area contributed by atoms with Crippen LogP contribution in [0, 0.1) is 5.82 Å². The van der Waals surface area contributed by atoms with E-state index in [4.69, 9.17) is 0 Å². The van der Waals surface area contributed by atoms with Gasteiger partial charge in [-0.25, -0.2) is 9.07 Å². The first kappa shape index (κ1) is 19.9. The average molecular weight is 409 g/mol.